The second-order valence-corrected chi connectivity index (χ2v) is 10.6. The van der Waals surface area contributed by atoms with Crippen LogP contribution in [0.1, 0.15) is 29.9 Å². The number of rotatable bonds is 5. The largest absolute Gasteiger partial charge is 0.370 e. The molecule has 0 unspecified atom stereocenters. The van der Waals surface area contributed by atoms with Crippen LogP contribution in [0.4, 0.5) is 0 Å². The number of thiophene rings is 1. The van der Waals surface area contributed by atoms with Crippen LogP contribution < -0.4 is 0 Å². The van der Waals surface area contributed by atoms with Crippen molar-refractivity contribution in [3.05, 3.63) is 52.4 Å². The van der Waals surface area contributed by atoms with E-state index in [-0.39, 0.29) is 5.60 Å². The van der Waals surface area contributed by atoms with Gasteiger partial charge in [0, 0.05) is 17.1 Å². The van der Waals surface area contributed by atoms with E-state index in [9.17, 15) is 0 Å². The van der Waals surface area contributed by atoms with Crippen molar-refractivity contribution in [1.29, 1.82) is 0 Å². The van der Waals surface area contributed by atoms with Crippen molar-refractivity contribution < 1.29 is 4.74 Å². The smallest absolute Gasteiger partial charge is 0.198 e. The van der Waals surface area contributed by atoms with Crippen LogP contribution in [0.15, 0.2) is 46.7 Å². The van der Waals surface area contributed by atoms with Gasteiger partial charge in [-0.3, -0.25) is 0 Å². The summed E-state index contributed by atoms with van der Waals surface area (Å²) in [4.78, 5) is 7.26. The molecule has 0 bridgehead atoms. The first kappa shape index (κ1) is 20.1. The molecule has 1 aromatic carbocycles. The minimum Gasteiger partial charge on any atom is -0.370 e. The standard InChI is InChI=1S/C22H22N4OS3/c1-22(2)12-15-16(13-27-22)30-19-17(15)18-24-25-21(26(18)20(23-19)28-3)29-11-7-10-14-8-5-4-6-9-14/h4-10H,11-13H2,1-3H3. The van der Waals surface area contributed by atoms with Gasteiger partial charge in [0.2, 0.25) is 0 Å². The number of hydrogen-bond donors (Lipinski definition) is 0. The fourth-order valence-corrected chi connectivity index (χ4v) is 6.18. The molecule has 0 N–H and O–H groups in total. The Kier molecular flexibility index (Phi) is 5.35. The number of thioether (sulfide) groups is 2. The Balaban J connectivity index is 1.52. The monoisotopic (exact) mass is 454 g/mol. The van der Waals surface area contributed by atoms with Crippen molar-refractivity contribution in [1.82, 2.24) is 19.6 Å². The van der Waals surface area contributed by atoms with Crippen LogP contribution in [0.2, 0.25) is 0 Å². The van der Waals surface area contributed by atoms with Gasteiger partial charge in [-0.1, -0.05) is 66.0 Å². The van der Waals surface area contributed by atoms with Crippen LogP contribution in [0, 0.1) is 0 Å². The van der Waals surface area contributed by atoms with Gasteiger partial charge in [0.15, 0.2) is 16.0 Å². The molecular formula is C22H22N4OS3. The molecule has 0 aliphatic carbocycles. The van der Waals surface area contributed by atoms with E-state index in [1.54, 1.807) is 34.9 Å². The van der Waals surface area contributed by atoms with Crippen molar-refractivity contribution in [3.8, 4) is 0 Å². The molecule has 0 atom stereocenters. The summed E-state index contributed by atoms with van der Waals surface area (Å²) in [5.41, 5.74) is 3.27. The van der Waals surface area contributed by atoms with E-state index >= 15 is 0 Å². The summed E-state index contributed by atoms with van der Waals surface area (Å²) in [6, 6.07) is 10.3. The van der Waals surface area contributed by atoms with Gasteiger partial charge in [0.25, 0.3) is 0 Å². The lowest BCUT2D eigenvalue weighted by Gasteiger charge is -2.30. The average molecular weight is 455 g/mol. The lowest BCUT2D eigenvalue weighted by Crippen LogP contribution is -2.31. The molecule has 154 valence electrons. The molecule has 0 saturated carbocycles. The van der Waals surface area contributed by atoms with E-state index in [0.29, 0.717) is 6.61 Å². The van der Waals surface area contributed by atoms with E-state index in [1.165, 1.54) is 16.0 Å². The SMILES string of the molecule is CSc1nc2sc3c(c2c2nnc(SCC=Cc4ccccc4)n12)CC(C)(C)OC3. The quantitative estimate of drug-likeness (QED) is 0.284. The molecule has 30 heavy (non-hydrogen) atoms. The molecule has 0 amide bonds. The highest BCUT2D eigenvalue weighted by Crippen LogP contribution is 2.41. The summed E-state index contributed by atoms with van der Waals surface area (Å²) < 4.78 is 8.13. The first-order valence-corrected chi connectivity index (χ1v) is 12.8. The number of fused-ring (bicyclic) bond motifs is 5. The highest BCUT2D eigenvalue weighted by atomic mass is 32.2. The Labute approximate surface area is 188 Å². The van der Waals surface area contributed by atoms with Crippen molar-refractivity contribution in [3.63, 3.8) is 0 Å². The first-order valence-electron chi connectivity index (χ1n) is 9.77. The van der Waals surface area contributed by atoms with Crippen molar-refractivity contribution in [2.75, 3.05) is 12.0 Å². The van der Waals surface area contributed by atoms with Crippen molar-refractivity contribution in [2.24, 2.45) is 0 Å². The maximum atomic E-state index is 6.02. The molecule has 0 radical (unpaired) electrons. The number of nitrogens with zero attached hydrogens (tertiary/aromatic N) is 4. The maximum absolute atomic E-state index is 6.02. The number of aromatic nitrogens is 4. The summed E-state index contributed by atoms with van der Waals surface area (Å²) in [5, 5.41) is 12.1. The molecule has 0 saturated heterocycles. The molecular weight excluding hydrogens is 432 g/mol. The number of hydrogen-bond acceptors (Lipinski definition) is 7. The van der Waals surface area contributed by atoms with Gasteiger partial charge in [-0.15, -0.1) is 21.5 Å². The molecule has 3 aromatic heterocycles. The van der Waals surface area contributed by atoms with Crippen LogP contribution in [0.3, 0.4) is 0 Å². The minimum atomic E-state index is -0.171. The first-order chi connectivity index (χ1) is 14.6. The third-order valence-corrected chi connectivity index (χ3v) is 7.74. The summed E-state index contributed by atoms with van der Waals surface area (Å²) >= 11 is 5.04. The fraction of sp³-hybridized carbons (Fsp3) is 0.318. The van der Waals surface area contributed by atoms with Crippen LogP contribution in [-0.4, -0.2) is 37.2 Å². The lowest BCUT2D eigenvalue weighted by molar-refractivity contribution is -0.0379. The van der Waals surface area contributed by atoms with Gasteiger partial charge < -0.3 is 4.74 Å². The number of benzene rings is 1. The predicted molar refractivity (Wildman–Crippen MR) is 127 cm³/mol. The summed E-state index contributed by atoms with van der Waals surface area (Å²) in [6.07, 6.45) is 7.22. The zero-order valence-electron chi connectivity index (χ0n) is 17.1. The van der Waals surface area contributed by atoms with E-state index in [4.69, 9.17) is 9.72 Å². The maximum Gasteiger partial charge on any atom is 0.198 e. The minimum absolute atomic E-state index is 0.171. The summed E-state index contributed by atoms with van der Waals surface area (Å²) in [7, 11) is 0. The Morgan fingerprint density at radius 2 is 2.03 bits per heavy atom. The lowest BCUT2D eigenvalue weighted by atomic mass is 9.94. The van der Waals surface area contributed by atoms with E-state index in [0.717, 1.165) is 38.4 Å². The van der Waals surface area contributed by atoms with E-state index in [2.05, 4.69) is 59.0 Å². The molecule has 0 fully saturated rings. The summed E-state index contributed by atoms with van der Waals surface area (Å²) in [6.45, 7) is 4.93. The predicted octanol–water partition coefficient (Wildman–Crippen LogP) is 5.72. The highest BCUT2D eigenvalue weighted by molar-refractivity contribution is 7.99. The molecule has 1 aliphatic rings. The highest BCUT2D eigenvalue weighted by Gasteiger charge is 2.31. The van der Waals surface area contributed by atoms with Crippen molar-refractivity contribution >= 4 is 56.8 Å². The Morgan fingerprint density at radius 3 is 2.83 bits per heavy atom. The van der Waals surface area contributed by atoms with Gasteiger partial charge in [-0.25, -0.2) is 9.38 Å². The fourth-order valence-electron chi connectivity index (χ4n) is 3.69. The second-order valence-electron chi connectivity index (χ2n) is 7.77. The van der Waals surface area contributed by atoms with Gasteiger partial charge in [-0.05, 0) is 31.2 Å². The third kappa shape index (κ3) is 3.66. The molecule has 8 heteroatoms. The molecule has 5 nitrogen and oxygen atoms in total. The summed E-state index contributed by atoms with van der Waals surface area (Å²) in [5.74, 6) is 0.824. The molecule has 5 rings (SSSR count). The van der Waals surface area contributed by atoms with E-state index < -0.39 is 0 Å². The van der Waals surface area contributed by atoms with Gasteiger partial charge >= 0.3 is 0 Å². The van der Waals surface area contributed by atoms with Crippen LogP contribution >= 0.6 is 34.9 Å². The van der Waals surface area contributed by atoms with Crippen LogP contribution in [-0.2, 0) is 17.8 Å². The Hall–Kier alpha value is -1.87. The van der Waals surface area contributed by atoms with E-state index in [1.807, 2.05) is 18.2 Å². The normalized spacial score (nSPS) is 16.0. The Morgan fingerprint density at radius 1 is 1.20 bits per heavy atom. The Bertz CT molecular complexity index is 1240. The zero-order chi connectivity index (χ0) is 20.7. The van der Waals surface area contributed by atoms with Crippen LogP contribution in [0.25, 0.3) is 21.9 Å². The second kappa shape index (κ2) is 8.00. The molecule has 1 aliphatic heterocycles. The van der Waals surface area contributed by atoms with Crippen LogP contribution in [0.5, 0.6) is 0 Å². The molecule has 4 heterocycles. The third-order valence-electron chi connectivity index (χ3n) is 5.12. The number of ether oxygens (including phenoxy) is 1. The van der Waals surface area contributed by atoms with Crippen molar-refractivity contribution in [2.45, 2.75) is 42.8 Å². The van der Waals surface area contributed by atoms with Gasteiger partial charge in [0.1, 0.15) is 4.83 Å². The topological polar surface area (TPSA) is 52.3 Å². The van der Waals surface area contributed by atoms with Gasteiger partial charge in [-0.2, -0.15) is 0 Å². The molecule has 4 aromatic rings. The molecule has 0 spiro atoms. The van der Waals surface area contributed by atoms with Gasteiger partial charge in [0.05, 0.1) is 17.6 Å². The average Bonchev–Trinajstić information content (AvgIpc) is 3.31. The zero-order valence-corrected chi connectivity index (χ0v) is 19.5.